The van der Waals surface area contributed by atoms with Crippen molar-refractivity contribution in [3.05, 3.63) is 11.1 Å². The van der Waals surface area contributed by atoms with Gasteiger partial charge in [-0.3, -0.25) is 14.4 Å². The molecule has 0 saturated heterocycles. The minimum atomic E-state index is -0.287. The lowest BCUT2D eigenvalue weighted by atomic mass is 9.88. The molecular formula is C22H36N4O4S. The molecule has 0 atom stereocenters. The van der Waals surface area contributed by atoms with Gasteiger partial charge in [0.1, 0.15) is 6.54 Å². The molecule has 0 aromatic carbocycles. The Kier molecular flexibility index (Phi) is 11.5. The number of unbranched alkanes of at least 4 members (excludes halogenated alkanes) is 2. The maximum atomic E-state index is 12.9. The third-order valence-electron chi connectivity index (χ3n) is 5.41. The van der Waals surface area contributed by atoms with Crippen LogP contribution in [0.5, 0.6) is 0 Å². The summed E-state index contributed by atoms with van der Waals surface area (Å²) in [5.41, 5.74) is 0.628. The van der Waals surface area contributed by atoms with E-state index in [1.807, 2.05) is 0 Å². The first-order chi connectivity index (χ1) is 15.0. The van der Waals surface area contributed by atoms with Gasteiger partial charge in [0, 0.05) is 31.5 Å². The van der Waals surface area contributed by atoms with E-state index in [0.717, 1.165) is 44.9 Å². The molecule has 8 nitrogen and oxygen atoms in total. The fraction of sp³-hybridized carbons (Fsp3) is 0.727. The van der Waals surface area contributed by atoms with Gasteiger partial charge in [-0.05, 0) is 19.3 Å². The Morgan fingerprint density at radius 1 is 1.19 bits per heavy atom. The molecule has 1 saturated carbocycles. The number of hydrogen-bond acceptors (Lipinski definition) is 6. The minimum absolute atomic E-state index is 0.000658. The Morgan fingerprint density at radius 2 is 1.97 bits per heavy atom. The lowest BCUT2D eigenvalue weighted by Gasteiger charge is -2.28. The fourth-order valence-electron chi connectivity index (χ4n) is 3.68. The number of methoxy groups -OCH3 is 1. The zero-order valence-corrected chi connectivity index (χ0v) is 19.6. The molecule has 0 aliphatic heterocycles. The average molecular weight is 453 g/mol. The Labute approximate surface area is 189 Å². The molecule has 31 heavy (non-hydrogen) atoms. The molecule has 2 rings (SSSR count). The summed E-state index contributed by atoms with van der Waals surface area (Å²) in [5.74, 6) is -0.319. The second-order valence-electron chi connectivity index (χ2n) is 8.01. The van der Waals surface area contributed by atoms with Crippen LogP contribution >= 0.6 is 11.3 Å². The van der Waals surface area contributed by atoms with Gasteiger partial charge in [-0.2, -0.15) is 0 Å². The standard InChI is InChI=1S/C22H36N4O4S/c1-3-4-8-11-23-19(27)14-18-16-31-22(24-18)25-20(28)15-26(12-13-30-2)21(29)17-9-6-5-7-10-17/h16-17H,3-15H2,1-2H3,(H,23,27)(H,24,25,28). The second kappa shape index (κ2) is 14.1. The molecular weight excluding hydrogens is 416 g/mol. The van der Waals surface area contributed by atoms with E-state index in [4.69, 9.17) is 4.74 Å². The van der Waals surface area contributed by atoms with Crippen molar-refractivity contribution in [1.82, 2.24) is 15.2 Å². The number of carbonyl (C=O) groups is 3. The van der Waals surface area contributed by atoms with Gasteiger partial charge in [0.2, 0.25) is 17.7 Å². The van der Waals surface area contributed by atoms with Gasteiger partial charge < -0.3 is 20.3 Å². The van der Waals surface area contributed by atoms with Crippen molar-refractivity contribution < 1.29 is 19.1 Å². The largest absolute Gasteiger partial charge is 0.383 e. The summed E-state index contributed by atoms with van der Waals surface area (Å²) in [5, 5.41) is 7.87. The predicted octanol–water partition coefficient (Wildman–Crippen LogP) is 2.99. The van der Waals surface area contributed by atoms with Crippen LogP contribution in [0.3, 0.4) is 0 Å². The maximum Gasteiger partial charge on any atom is 0.245 e. The van der Waals surface area contributed by atoms with Crippen molar-refractivity contribution in [2.45, 2.75) is 64.7 Å². The Hall–Kier alpha value is -2.00. The van der Waals surface area contributed by atoms with Gasteiger partial charge in [-0.25, -0.2) is 4.98 Å². The number of amides is 3. The van der Waals surface area contributed by atoms with E-state index in [1.165, 1.54) is 17.8 Å². The van der Waals surface area contributed by atoms with E-state index in [1.54, 1.807) is 17.4 Å². The molecule has 0 spiro atoms. The second-order valence-corrected chi connectivity index (χ2v) is 8.87. The zero-order valence-electron chi connectivity index (χ0n) is 18.8. The smallest absolute Gasteiger partial charge is 0.245 e. The lowest BCUT2D eigenvalue weighted by molar-refractivity contribution is -0.139. The van der Waals surface area contributed by atoms with Crippen LogP contribution in [0, 0.1) is 5.92 Å². The number of rotatable bonds is 13. The van der Waals surface area contributed by atoms with Crippen LogP contribution in [0.2, 0.25) is 0 Å². The molecule has 1 heterocycles. The molecule has 9 heteroatoms. The third-order valence-corrected chi connectivity index (χ3v) is 6.21. The summed E-state index contributed by atoms with van der Waals surface area (Å²) in [6.07, 6.45) is 8.45. The van der Waals surface area contributed by atoms with Crippen LogP contribution in [0.4, 0.5) is 5.13 Å². The summed E-state index contributed by atoms with van der Waals surface area (Å²) in [4.78, 5) is 43.3. The first kappa shape index (κ1) is 25.3. The normalized spacial score (nSPS) is 14.3. The number of aromatic nitrogens is 1. The molecule has 1 aromatic rings. The summed E-state index contributed by atoms with van der Waals surface area (Å²) < 4.78 is 5.12. The molecule has 1 fully saturated rings. The Balaban J connectivity index is 1.83. The van der Waals surface area contributed by atoms with Crippen molar-refractivity contribution in [2.75, 3.05) is 38.7 Å². The van der Waals surface area contributed by atoms with Crippen molar-refractivity contribution in [3.8, 4) is 0 Å². The Bertz CT molecular complexity index is 703. The van der Waals surface area contributed by atoms with E-state index in [-0.39, 0.29) is 36.6 Å². The maximum absolute atomic E-state index is 12.9. The number of nitrogens with zero attached hydrogens (tertiary/aromatic N) is 2. The molecule has 3 amide bonds. The van der Waals surface area contributed by atoms with Crippen LogP contribution in [0.1, 0.15) is 64.0 Å². The number of anilines is 1. The van der Waals surface area contributed by atoms with E-state index >= 15 is 0 Å². The van der Waals surface area contributed by atoms with Gasteiger partial charge in [-0.1, -0.05) is 39.0 Å². The zero-order chi connectivity index (χ0) is 22.5. The van der Waals surface area contributed by atoms with Crippen LogP contribution in [-0.2, 0) is 25.5 Å². The topological polar surface area (TPSA) is 101 Å². The number of ether oxygens (including phenoxy) is 1. The van der Waals surface area contributed by atoms with Crippen LogP contribution in [-0.4, -0.2) is 61.0 Å². The van der Waals surface area contributed by atoms with E-state index in [0.29, 0.717) is 30.5 Å². The van der Waals surface area contributed by atoms with Gasteiger partial charge in [0.25, 0.3) is 0 Å². The van der Waals surface area contributed by atoms with Crippen LogP contribution < -0.4 is 10.6 Å². The summed E-state index contributed by atoms with van der Waals surface area (Å²) in [6, 6.07) is 0. The highest BCUT2D eigenvalue weighted by Gasteiger charge is 2.27. The van der Waals surface area contributed by atoms with Crippen LogP contribution in [0.25, 0.3) is 0 Å². The molecule has 0 unspecified atom stereocenters. The summed E-state index contributed by atoms with van der Waals surface area (Å²) in [6.45, 7) is 3.55. The molecule has 1 aromatic heterocycles. The first-order valence-electron chi connectivity index (χ1n) is 11.3. The highest BCUT2D eigenvalue weighted by molar-refractivity contribution is 7.13. The van der Waals surface area contributed by atoms with E-state index < -0.39 is 0 Å². The quantitative estimate of drug-likeness (QED) is 0.448. The van der Waals surface area contributed by atoms with Crippen molar-refractivity contribution >= 4 is 34.2 Å². The lowest BCUT2D eigenvalue weighted by Crippen LogP contribution is -2.43. The molecule has 0 radical (unpaired) electrons. The number of thiazole rings is 1. The van der Waals surface area contributed by atoms with Crippen molar-refractivity contribution in [3.63, 3.8) is 0 Å². The molecule has 0 bridgehead atoms. The summed E-state index contributed by atoms with van der Waals surface area (Å²) >= 11 is 1.28. The van der Waals surface area contributed by atoms with E-state index in [9.17, 15) is 14.4 Å². The number of carbonyl (C=O) groups excluding carboxylic acids is 3. The number of nitrogens with one attached hydrogen (secondary N) is 2. The molecule has 174 valence electrons. The highest BCUT2D eigenvalue weighted by Crippen LogP contribution is 2.25. The highest BCUT2D eigenvalue weighted by atomic mass is 32.1. The SMILES string of the molecule is CCCCCNC(=O)Cc1csc(NC(=O)CN(CCOC)C(=O)C2CCCCC2)n1. The average Bonchev–Trinajstić information content (AvgIpc) is 3.20. The van der Waals surface area contributed by atoms with Gasteiger partial charge >= 0.3 is 0 Å². The van der Waals surface area contributed by atoms with Crippen LogP contribution in [0.15, 0.2) is 5.38 Å². The van der Waals surface area contributed by atoms with Crippen molar-refractivity contribution in [1.29, 1.82) is 0 Å². The molecule has 1 aliphatic rings. The van der Waals surface area contributed by atoms with Gasteiger partial charge in [0.15, 0.2) is 5.13 Å². The third kappa shape index (κ3) is 9.35. The van der Waals surface area contributed by atoms with Gasteiger partial charge in [0.05, 0.1) is 18.7 Å². The minimum Gasteiger partial charge on any atom is -0.383 e. The summed E-state index contributed by atoms with van der Waals surface area (Å²) in [7, 11) is 1.58. The van der Waals surface area contributed by atoms with E-state index in [2.05, 4.69) is 22.5 Å². The first-order valence-corrected chi connectivity index (χ1v) is 12.2. The number of hydrogen-bond donors (Lipinski definition) is 2. The van der Waals surface area contributed by atoms with Gasteiger partial charge in [-0.15, -0.1) is 11.3 Å². The monoisotopic (exact) mass is 452 g/mol. The fourth-order valence-corrected chi connectivity index (χ4v) is 4.41. The molecule has 1 aliphatic carbocycles. The molecule has 2 N–H and O–H groups in total. The van der Waals surface area contributed by atoms with Crippen molar-refractivity contribution in [2.24, 2.45) is 5.92 Å². The Morgan fingerprint density at radius 3 is 2.68 bits per heavy atom. The predicted molar refractivity (Wildman–Crippen MR) is 122 cm³/mol.